The molecule has 3 aromatic rings. The van der Waals surface area contributed by atoms with E-state index in [9.17, 15) is 14.0 Å². The largest absolute Gasteiger partial charge is 0.484 e. The summed E-state index contributed by atoms with van der Waals surface area (Å²) in [7, 11) is 0. The van der Waals surface area contributed by atoms with Crippen molar-refractivity contribution < 1.29 is 13.9 Å². The van der Waals surface area contributed by atoms with Gasteiger partial charge in [-0.2, -0.15) is 0 Å². The molecule has 3 rings (SSSR count). The molecular weight excluding hydrogens is 339 g/mol. The first-order valence-electron chi connectivity index (χ1n) is 7.76. The van der Waals surface area contributed by atoms with Crippen molar-refractivity contribution in [3.8, 4) is 17.1 Å². The van der Waals surface area contributed by atoms with Crippen LogP contribution in [0.15, 0.2) is 59.7 Å². The number of pyridine rings is 1. The second-order valence-electron chi connectivity index (χ2n) is 5.35. The number of benzene rings is 1. The lowest BCUT2D eigenvalue weighted by molar-refractivity contribution is -0.123. The molecule has 0 aliphatic heterocycles. The maximum atomic E-state index is 13.1. The van der Waals surface area contributed by atoms with Crippen molar-refractivity contribution >= 4 is 5.91 Å². The fourth-order valence-corrected chi connectivity index (χ4v) is 2.18. The highest BCUT2D eigenvalue weighted by Crippen LogP contribution is 2.12. The molecule has 0 bridgehead atoms. The number of nitrogens with one attached hydrogen (secondary N) is 2. The van der Waals surface area contributed by atoms with Gasteiger partial charge in [-0.15, -0.1) is 0 Å². The van der Waals surface area contributed by atoms with Crippen molar-refractivity contribution in [2.75, 3.05) is 6.61 Å². The Labute approximate surface area is 147 Å². The van der Waals surface area contributed by atoms with E-state index in [1.165, 1.54) is 24.3 Å². The van der Waals surface area contributed by atoms with Gasteiger partial charge in [-0.05, 0) is 24.3 Å². The van der Waals surface area contributed by atoms with E-state index in [2.05, 4.69) is 20.3 Å². The summed E-state index contributed by atoms with van der Waals surface area (Å²) >= 11 is 0. The number of hydrogen-bond acceptors (Lipinski definition) is 5. The van der Waals surface area contributed by atoms with Gasteiger partial charge in [-0.1, -0.05) is 6.07 Å². The Kier molecular flexibility index (Phi) is 5.33. The third-order valence-electron chi connectivity index (χ3n) is 3.36. The number of rotatable bonds is 6. The zero-order chi connectivity index (χ0) is 18.4. The Morgan fingerprint density at radius 3 is 2.88 bits per heavy atom. The maximum Gasteiger partial charge on any atom is 0.258 e. The molecular formula is C18H15FN4O3. The minimum Gasteiger partial charge on any atom is -0.484 e. The molecule has 0 radical (unpaired) electrons. The molecule has 0 aliphatic rings. The van der Waals surface area contributed by atoms with Crippen molar-refractivity contribution in [2.24, 2.45) is 0 Å². The average molecular weight is 354 g/mol. The zero-order valence-electron chi connectivity index (χ0n) is 13.6. The van der Waals surface area contributed by atoms with Crippen LogP contribution in [0.3, 0.4) is 0 Å². The highest BCUT2D eigenvalue weighted by Gasteiger charge is 2.07. The molecule has 0 atom stereocenters. The van der Waals surface area contributed by atoms with Crippen molar-refractivity contribution in [1.29, 1.82) is 0 Å². The summed E-state index contributed by atoms with van der Waals surface area (Å²) in [5.74, 6) is -0.239. The van der Waals surface area contributed by atoms with Crippen LogP contribution in [-0.4, -0.2) is 27.5 Å². The number of amides is 1. The molecule has 7 nitrogen and oxygen atoms in total. The number of nitrogens with zero attached hydrogens (tertiary/aromatic N) is 2. The van der Waals surface area contributed by atoms with Crippen LogP contribution in [0.1, 0.15) is 5.69 Å². The summed E-state index contributed by atoms with van der Waals surface area (Å²) in [6.45, 7) is -0.218. The van der Waals surface area contributed by atoms with Crippen LogP contribution in [-0.2, 0) is 11.3 Å². The number of H-pyrrole nitrogens is 1. The Balaban J connectivity index is 1.60. The van der Waals surface area contributed by atoms with Crippen LogP contribution in [0.5, 0.6) is 5.75 Å². The van der Waals surface area contributed by atoms with Crippen LogP contribution < -0.4 is 15.6 Å². The maximum absolute atomic E-state index is 13.1. The van der Waals surface area contributed by atoms with E-state index < -0.39 is 11.7 Å². The first-order valence-corrected chi connectivity index (χ1v) is 7.76. The molecule has 8 heteroatoms. The van der Waals surface area contributed by atoms with Crippen LogP contribution in [0.2, 0.25) is 0 Å². The smallest absolute Gasteiger partial charge is 0.258 e. The van der Waals surface area contributed by atoms with E-state index in [-0.39, 0.29) is 24.5 Å². The molecule has 0 unspecified atom stereocenters. The molecule has 1 aromatic carbocycles. The van der Waals surface area contributed by atoms with Gasteiger partial charge in [-0.25, -0.2) is 9.37 Å². The van der Waals surface area contributed by atoms with E-state index in [0.717, 1.165) is 0 Å². The van der Waals surface area contributed by atoms with Crippen molar-refractivity contribution in [2.45, 2.75) is 6.54 Å². The van der Waals surface area contributed by atoms with Gasteiger partial charge in [0.25, 0.3) is 11.5 Å². The first kappa shape index (κ1) is 17.3. The first-order chi connectivity index (χ1) is 12.6. The van der Waals surface area contributed by atoms with Crippen LogP contribution in [0, 0.1) is 5.82 Å². The Morgan fingerprint density at radius 2 is 2.12 bits per heavy atom. The lowest BCUT2D eigenvalue weighted by atomic mass is 10.2. The molecule has 0 spiro atoms. The van der Waals surface area contributed by atoms with Gasteiger partial charge in [0.1, 0.15) is 17.4 Å². The lowest BCUT2D eigenvalue weighted by Gasteiger charge is -2.08. The van der Waals surface area contributed by atoms with Gasteiger partial charge >= 0.3 is 0 Å². The predicted molar refractivity (Wildman–Crippen MR) is 91.8 cm³/mol. The highest BCUT2D eigenvalue weighted by molar-refractivity contribution is 5.77. The molecule has 26 heavy (non-hydrogen) atoms. The van der Waals surface area contributed by atoms with Gasteiger partial charge in [0.2, 0.25) is 0 Å². The lowest BCUT2D eigenvalue weighted by Crippen LogP contribution is -2.29. The number of ether oxygens (including phenoxy) is 1. The standard InChI is InChI=1S/C18H15FN4O3/c19-13-4-1-5-15(7-13)26-11-17(25)21-10-14-8-16(24)23-18(22-14)12-3-2-6-20-9-12/h1-9H,10-11H2,(H,21,25)(H,22,23,24). The number of carbonyl (C=O) groups is 1. The van der Waals surface area contributed by atoms with E-state index in [1.807, 2.05) is 0 Å². The Morgan fingerprint density at radius 1 is 1.23 bits per heavy atom. The average Bonchev–Trinajstić information content (AvgIpc) is 2.65. The number of aromatic amines is 1. The fraction of sp³-hybridized carbons (Fsp3) is 0.111. The topological polar surface area (TPSA) is 97.0 Å². The van der Waals surface area contributed by atoms with Crippen molar-refractivity contribution in [1.82, 2.24) is 20.3 Å². The minimum absolute atomic E-state index is 0.0581. The molecule has 2 heterocycles. The molecule has 0 aliphatic carbocycles. The van der Waals surface area contributed by atoms with E-state index in [4.69, 9.17) is 4.74 Å². The van der Waals surface area contributed by atoms with Gasteiger partial charge in [0.15, 0.2) is 6.61 Å². The summed E-state index contributed by atoms with van der Waals surface area (Å²) in [5.41, 5.74) is 0.720. The number of aromatic nitrogens is 3. The molecule has 0 saturated carbocycles. The number of carbonyl (C=O) groups excluding carboxylic acids is 1. The normalized spacial score (nSPS) is 10.3. The quantitative estimate of drug-likeness (QED) is 0.702. The third kappa shape index (κ3) is 4.73. The molecule has 0 fully saturated rings. The van der Waals surface area contributed by atoms with Crippen LogP contribution in [0.4, 0.5) is 4.39 Å². The minimum atomic E-state index is -0.446. The zero-order valence-corrected chi connectivity index (χ0v) is 13.6. The molecule has 2 N–H and O–H groups in total. The summed E-state index contributed by atoms with van der Waals surface area (Å²) in [6.07, 6.45) is 3.19. The molecule has 1 amide bonds. The molecule has 0 saturated heterocycles. The summed E-state index contributed by atoms with van der Waals surface area (Å²) < 4.78 is 18.3. The Bertz CT molecular complexity index is 960. The van der Waals surface area contributed by atoms with E-state index >= 15 is 0 Å². The molecule has 132 valence electrons. The van der Waals surface area contributed by atoms with Gasteiger partial charge in [0.05, 0.1) is 12.2 Å². The Hall–Kier alpha value is -3.55. The second-order valence-corrected chi connectivity index (χ2v) is 5.35. The monoisotopic (exact) mass is 354 g/mol. The van der Waals surface area contributed by atoms with Crippen LogP contribution in [0.25, 0.3) is 11.4 Å². The second kappa shape index (κ2) is 8.02. The number of hydrogen-bond donors (Lipinski definition) is 2. The molecule has 2 aromatic heterocycles. The number of halogens is 1. The highest BCUT2D eigenvalue weighted by atomic mass is 19.1. The fourth-order valence-electron chi connectivity index (χ4n) is 2.18. The van der Waals surface area contributed by atoms with Gasteiger partial charge in [0, 0.05) is 30.1 Å². The van der Waals surface area contributed by atoms with Gasteiger partial charge in [-0.3, -0.25) is 14.6 Å². The summed E-state index contributed by atoms with van der Waals surface area (Å²) in [6, 6.07) is 10.3. The van der Waals surface area contributed by atoms with E-state index in [0.29, 0.717) is 17.1 Å². The predicted octanol–water partition coefficient (Wildman–Crippen LogP) is 1.67. The summed E-state index contributed by atoms with van der Waals surface area (Å²) in [5, 5.41) is 2.60. The van der Waals surface area contributed by atoms with Crippen molar-refractivity contribution in [3.05, 3.63) is 76.7 Å². The van der Waals surface area contributed by atoms with E-state index in [1.54, 1.807) is 30.6 Å². The van der Waals surface area contributed by atoms with Gasteiger partial charge < -0.3 is 15.0 Å². The van der Waals surface area contributed by atoms with Crippen molar-refractivity contribution in [3.63, 3.8) is 0 Å². The SMILES string of the molecule is O=C(COc1cccc(F)c1)NCc1cc(=O)[nH]c(-c2cccnc2)n1. The summed E-state index contributed by atoms with van der Waals surface area (Å²) in [4.78, 5) is 34.6. The third-order valence-corrected chi connectivity index (χ3v) is 3.36. The van der Waals surface area contributed by atoms with Crippen LogP contribution >= 0.6 is 0 Å².